The molecule has 1 rings (SSSR count). The van der Waals surface area contributed by atoms with Crippen LogP contribution >= 0.6 is 12.2 Å². The highest BCUT2D eigenvalue weighted by Crippen LogP contribution is 2.09. The highest BCUT2D eigenvalue weighted by molar-refractivity contribution is 7.80. The molecule has 0 bridgehead atoms. The van der Waals surface area contributed by atoms with Crippen molar-refractivity contribution in [2.75, 3.05) is 13.6 Å². The molecule has 0 amide bonds. The van der Waals surface area contributed by atoms with Gasteiger partial charge in [-0.1, -0.05) is 30.4 Å². The van der Waals surface area contributed by atoms with Gasteiger partial charge in [-0.2, -0.15) is 0 Å². The smallest absolute Gasteiger partial charge is 0.127 e. The summed E-state index contributed by atoms with van der Waals surface area (Å²) in [7, 11) is 1.99. The molecule has 0 radical (unpaired) electrons. The SMILES string of the molecule is CN(CCCCC(N)=S)Cc1ccccc1F. The van der Waals surface area contributed by atoms with Crippen molar-refractivity contribution in [1.82, 2.24) is 4.90 Å². The molecule has 0 aliphatic carbocycles. The Morgan fingerprint density at radius 1 is 1.35 bits per heavy atom. The molecule has 0 fully saturated rings. The Labute approximate surface area is 108 Å². The highest BCUT2D eigenvalue weighted by atomic mass is 32.1. The summed E-state index contributed by atoms with van der Waals surface area (Å²) in [5, 5.41) is 0. The predicted octanol–water partition coefficient (Wildman–Crippen LogP) is 2.71. The van der Waals surface area contributed by atoms with E-state index in [1.54, 1.807) is 6.07 Å². The van der Waals surface area contributed by atoms with Gasteiger partial charge in [0.15, 0.2) is 0 Å². The maximum atomic E-state index is 13.4. The zero-order valence-electron chi connectivity index (χ0n) is 10.2. The van der Waals surface area contributed by atoms with E-state index >= 15 is 0 Å². The quantitative estimate of drug-likeness (QED) is 0.599. The molecule has 0 aliphatic heterocycles. The van der Waals surface area contributed by atoms with Gasteiger partial charge in [0.2, 0.25) is 0 Å². The Morgan fingerprint density at radius 2 is 2.06 bits per heavy atom. The summed E-state index contributed by atoms with van der Waals surface area (Å²) in [4.78, 5) is 2.68. The molecule has 0 heterocycles. The van der Waals surface area contributed by atoms with Gasteiger partial charge in [-0.15, -0.1) is 0 Å². The predicted molar refractivity (Wildman–Crippen MR) is 73.4 cm³/mol. The monoisotopic (exact) mass is 254 g/mol. The third-order valence-electron chi connectivity index (χ3n) is 2.61. The van der Waals surface area contributed by atoms with Gasteiger partial charge in [0, 0.05) is 12.1 Å². The maximum Gasteiger partial charge on any atom is 0.127 e. The van der Waals surface area contributed by atoms with Crippen LogP contribution in [-0.4, -0.2) is 23.5 Å². The number of benzene rings is 1. The van der Waals surface area contributed by atoms with E-state index in [9.17, 15) is 4.39 Å². The molecule has 4 heteroatoms. The number of thiocarbonyl (C=S) groups is 1. The van der Waals surface area contributed by atoms with Crippen LogP contribution in [0.2, 0.25) is 0 Å². The standard InChI is InChI=1S/C13H19FN2S/c1-16(9-5-4-8-13(15)17)10-11-6-2-3-7-12(11)14/h2-3,6-7H,4-5,8-10H2,1H3,(H2,15,17). The summed E-state index contributed by atoms with van der Waals surface area (Å²) in [6.07, 6.45) is 2.82. The maximum absolute atomic E-state index is 13.4. The van der Waals surface area contributed by atoms with Gasteiger partial charge < -0.3 is 10.6 Å². The number of rotatable bonds is 7. The van der Waals surface area contributed by atoms with Crippen molar-refractivity contribution in [3.8, 4) is 0 Å². The van der Waals surface area contributed by atoms with Crippen LogP contribution in [-0.2, 0) is 6.54 Å². The normalized spacial score (nSPS) is 10.8. The molecule has 0 atom stereocenters. The summed E-state index contributed by atoms with van der Waals surface area (Å²) in [5.41, 5.74) is 6.16. The first kappa shape index (κ1) is 14.1. The number of unbranched alkanes of at least 4 members (excludes halogenated alkanes) is 1. The van der Waals surface area contributed by atoms with Crippen LogP contribution in [0.15, 0.2) is 24.3 Å². The molecule has 0 spiro atoms. The van der Waals surface area contributed by atoms with Gasteiger partial charge in [0.25, 0.3) is 0 Å². The summed E-state index contributed by atoms with van der Waals surface area (Å²) in [6, 6.07) is 6.89. The summed E-state index contributed by atoms with van der Waals surface area (Å²) >= 11 is 4.81. The van der Waals surface area contributed by atoms with E-state index in [0.29, 0.717) is 11.5 Å². The fourth-order valence-electron chi connectivity index (χ4n) is 1.68. The molecule has 1 aromatic carbocycles. The minimum absolute atomic E-state index is 0.137. The second kappa shape index (κ2) is 7.35. The minimum Gasteiger partial charge on any atom is -0.393 e. The van der Waals surface area contributed by atoms with Crippen LogP contribution in [0.25, 0.3) is 0 Å². The second-order valence-electron chi connectivity index (χ2n) is 4.25. The number of hydrogen-bond donors (Lipinski definition) is 1. The molecule has 17 heavy (non-hydrogen) atoms. The van der Waals surface area contributed by atoms with Crippen molar-refractivity contribution in [2.45, 2.75) is 25.8 Å². The number of halogens is 1. The zero-order valence-corrected chi connectivity index (χ0v) is 11.0. The molecule has 0 saturated carbocycles. The van der Waals surface area contributed by atoms with Gasteiger partial charge >= 0.3 is 0 Å². The van der Waals surface area contributed by atoms with Crippen molar-refractivity contribution in [3.63, 3.8) is 0 Å². The van der Waals surface area contributed by atoms with Gasteiger partial charge in [-0.05, 0) is 38.9 Å². The van der Waals surface area contributed by atoms with Gasteiger partial charge in [-0.3, -0.25) is 0 Å². The van der Waals surface area contributed by atoms with Crippen molar-refractivity contribution in [2.24, 2.45) is 5.73 Å². The molecule has 0 aromatic heterocycles. The Bertz CT molecular complexity index is 368. The first-order valence-electron chi connectivity index (χ1n) is 5.80. The fourth-order valence-corrected chi connectivity index (χ4v) is 1.82. The van der Waals surface area contributed by atoms with Crippen LogP contribution in [0.3, 0.4) is 0 Å². The van der Waals surface area contributed by atoms with E-state index in [1.807, 2.05) is 19.2 Å². The van der Waals surface area contributed by atoms with E-state index in [0.717, 1.165) is 31.4 Å². The molecule has 0 saturated heterocycles. The van der Waals surface area contributed by atoms with Gasteiger partial charge in [-0.25, -0.2) is 4.39 Å². The molecule has 0 unspecified atom stereocenters. The lowest BCUT2D eigenvalue weighted by atomic mass is 10.2. The van der Waals surface area contributed by atoms with Crippen LogP contribution in [0.5, 0.6) is 0 Å². The van der Waals surface area contributed by atoms with Crippen molar-refractivity contribution in [3.05, 3.63) is 35.6 Å². The number of hydrogen-bond acceptors (Lipinski definition) is 2. The molecule has 2 N–H and O–H groups in total. The lowest BCUT2D eigenvalue weighted by Crippen LogP contribution is -2.20. The Balaban J connectivity index is 2.27. The molecule has 1 aromatic rings. The van der Waals surface area contributed by atoms with Crippen LogP contribution in [0.4, 0.5) is 4.39 Å². The first-order chi connectivity index (χ1) is 8.09. The average Bonchev–Trinajstić information content (AvgIpc) is 2.27. The van der Waals surface area contributed by atoms with Gasteiger partial charge in [0.1, 0.15) is 5.82 Å². The van der Waals surface area contributed by atoms with Crippen molar-refractivity contribution in [1.29, 1.82) is 0 Å². The zero-order chi connectivity index (χ0) is 12.7. The molecular weight excluding hydrogens is 235 g/mol. The highest BCUT2D eigenvalue weighted by Gasteiger charge is 2.04. The van der Waals surface area contributed by atoms with Crippen LogP contribution in [0.1, 0.15) is 24.8 Å². The summed E-state index contributed by atoms with van der Waals surface area (Å²) in [6.45, 7) is 1.57. The van der Waals surface area contributed by atoms with E-state index in [1.165, 1.54) is 6.07 Å². The topological polar surface area (TPSA) is 29.3 Å². The number of nitrogens with zero attached hydrogens (tertiary/aromatic N) is 1. The van der Waals surface area contributed by atoms with E-state index in [2.05, 4.69) is 4.90 Å². The van der Waals surface area contributed by atoms with Crippen molar-refractivity contribution >= 4 is 17.2 Å². The summed E-state index contributed by atoms with van der Waals surface area (Å²) in [5.74, 6) is -0.137. The summed E-state index contributed by atoms with van der Waals surface area (Å²) < 4.78 is 13.4. The van der Waals surface area contributed by atoms with Crippen LogP contribution < -0.4 is 5.73 Å². The fraction of sp³-hybridized carbons (Fsp3) is 0.462. The van der Waals surface area contributed by atoms with Crippen LogP contribution in [0, 0.1) is 5.82 Å². The average molecular weight is 254 g/mol. The number of nitrogens with two attached hydrogens (primary N) is 1. The Morgan fingerprint density at radius 3 is 2.71 bits per heavy atom. The molecule has 94 valence electrons. The Kier molecular flexibility index (Phi) is 6.08. The van der Waals surface area contributed by atoms with Gasteiger partial charge in [0.05, 0.1) is 4.99 Å². The lowest BCUT2D eigenvalue weighted by Gasteiger charge is -2.16. The lowest BCUT2D eigenvalue weighted by molar-refractivity contribution is 0.314. The minimum atomic E-state index is -0.137. The molecular formula is C13H19FN2S. The third kappa shape index (κ3) is 5.75. The largest absolute Gasteiger partial charge is 0.393 e. The van der Waals surface area contributed by atoms with E-state index in [-0.39, 0.29) is 5.82 Å². The first-order valence-corrected chi connectivity index (χ1v) is 6.20. The second-order valence-corrected chi connectivity index (χ2v) is 4.78. The van der Waals surface area contributed by atoms with Crippen molar-refractivity contribution < 1.29 is 4.39 Å². The third-order valence-corrected chi connectivity index (χ3v) is 2.82. The van der Waals surface area contributed by atoms with E-state index < -0.39 is 0 Å². The Hall–Kier alpha value is -1.00. The van der Waals surface area contributed by atoms with E-state index in [4.69, 9.17) is 18.0 Å². The molecule has 2 nitrogen and oxygen atoms in total. The molecule has 0 aliphatic rings.